The Kier molecular flexibility index (Phi) is 5.18. The number of pyridine rings is 1. The number of ether oxygens (including phenoxy) is 1. The first kappa shape index (κ1) is 16.4. The Labute approximate surface area is 148 Å². The van der Waals surface area contributed by atoms with E-state index in [2.05, 4.69) is 43.0 Å². The highest BCUT2D eigenvalue weighted by atomic mass is 16.5. The molecule has 0 spiro atoms. The first-order valence-corrected chi connectivity index (χ1v) is 9.14. The third-order valence-corrected chi connectivity index (χ3v) is 5.09. The standard InChI is InChI=1S/C19H25N5O/c1-7-23(13-16-2-5-20-6-3-16)9-10-24(8-1)19-12-18(21-15-22-19)17-4-11-25-14-17/h2-3,5-6,12,15,17H,1,4,7-11,13-14H2/t17-/m1/s1. The Morgan fingerprint density at radius 3 is 2.84 bits per heavy atom. The van der Waals surface area contributed by atoms with Crippen molar-refractivity contribution in [2.45, 2.75) is 25.3 Å². The van der Waals surface area contributed by atoms with Crippen molar-refractivity contribution >= 4 is 5.82 Å². The normalized spacial score (nSPS) is 22.1. The van der Waals surface area contributed by atoms with E-state index in [9.17, 15) is 0 Å². The number of nitrogens with zero attached hydrogens (tertiary/aromatic N) is 5. The summed E-state index contributed by atoms with van der Waals surface area (Å²) in [6, 6.07) is 6.37. The molecule has 0 aromatic carbocycles. The first-order valence-electron chi connectivity index (χ1n) is 9.14. The lowest BCUT2D eigenvalue weighted by atomic mass is 10.0. The molecule has 2 saturated heterocycles. The zero-order valence-electron chi connectivity index (χ0n) is 14.5. The summed E-state index contributed by atoms with van der Waals surface area (Å²) in [5.74, 6) is 1.49. The fraction of sp³-hybridized carbons (Fsp3) is 0.526. The van der Waals surface area contributed by atoms with E-state index < -0.39 is 0 Å². The number of rotatable bonds is 4. The van der Waals surface area contributed by atoms with Gasteiger partial charge in [0.05, 0.1) is 12.3 Å². The Balaban J connectivity index is 1.40. The largest absolute Gasteiger partial charge is 0.381 e. The zero-order chi connectivity index (χ0) is 16.9. The van der Waals surface area contributed by atoms with Crippen molar-refractivity contribution in [2.24, 2.45) is 0 Å². The van der Waals surface area contributed by atoms with Crippen LogP contribution in [0.3, 0.4) is 0 Å². The molecule has 6 heteroatoms. The van der Waals surface area contributed by atoms with Crippen LogP contribution in [-0.4, -0.2) is 59.2 Å². The molecule has 0 saturated carbocycles. The summed E-state index contributed by atoms with van der Waals surface area (Å²) in [6.45, 7) is 6.84. The number of hydrogen-bond donors (Lipinski definition) is 0. The molecule has 0 aliphatic carbocycles. The van der Waals surface area contributed by atoms with Crippen molar-refractivity contribution in [3.63, 3.8) is 0 Å². The van der Waals surface area contributed by atoms with Gasteiger partial charge in [-0.3, -0.25) is 9.88 Å². The van der Waals surface area contributed by atoms with E-state index in [4.69, 9.17) is 4.74 Å². The van der Waals surface area contributed by atoms with Crippen LogP contribution in [0.2, 0.25) is 0 Å². The Hall–Kier alpha value is -2.05. The van der Waals surface area contributed by atoms with Crippen LogP contribution in [0.4, 0.5) is 5.82 Å². The average Bonchev–Trinajstić information content (AvgIpc) is 3.10. The predicted molar refractivity (Wildman–Crippen MR) is 96.6 cm³/mol. The van der Waals surface area contributed by atoms with Crippen LogP contribution in [0, 0.1) is 0 Å². The van der Waals surface area contributed by atoms with Gasteiger partial charge in [-0.05, 0) is 30.5 Å². The van der Waals surface area contributed by atoms with Crippen LogP contribution < -0.4 is 4.90 Å². The van der Waals surface area contributed by atoms with Gasteiger partial charge in [-0.25, -0.2) is 9.97 Å². The fourth-order valence-electron chi connectivity index (χ4n) is 3.63. The molecule has 2 aromatic heterocycles. The molecule has 2 aliphatic heterocycles. The first-order chi connectivity index (χ1) is 12.4. The second kappa shape index (κ2) is 7.89. The molecule has 2 aromatic rings. The predicted octanol–water partition coefficient (Wildman–Crippen LogP) is 2.09. The summed E-state index contributed by atoms with van der Waals surface area (Å²) < 4.78 is 5.50. The molecule has 6 nitrogen and oxygen atoms in total. The molecule has 2 aliphatic rings. The molecule has 1 atom stereocenters. The van der Waals surface area contributed by atoms with Gasteiger partial charge in [0.15, 0.2) is 0 Å². The maximum atomic E-state index is 5.50. The van der Waals surface area contributed by atoms with E-state index in [-0.39, 0.29) is 0 Å². The highest BCUT2D eigenvalue weighted by Gasteiger charge is 2.21. The molecule has 0 radical (unpaired) electrons. The van der Waals surface area contributed by atoms with E-state index in [1.54, 1.807) is 6.33 Å². The van der Waals surface area contributed by atoms with Gasteiger partial charge >= 0.3 is 0 Å². The molecule has 4 heterocycles. The maximum Gasteiger partial charge on any atom is 0.132 e. The van der Waals surface area contributed by atoms with Crippen molar-refractivity contribution in [1.82, 2.24) is 19.9 Å². The molecule has 0 amide bonds. The van der Waals surface area contributed by atoms with Crippen LogP contribution in [0.5, 0.6) is 0 Å². The van der Waals surface area contributed by atoms with E-state index in [1.807, 2.05) is 12.4 Å². The number of anilines is 1. The van der Waals surface area contributed by atoms with Crippen molar-refractivity contribution in [3.05, 3.63) is 48.2 Å². The van der Waals surface area contributed by atoms with Crippen LogP contribution >= 0.6 is 0 Å². The molecule has 0 unspecified atom stereocenters. The Morgan fingerprint density at radius 1 is 1.08 bits per heavy atom. The monoisotopic (exact) mass is 339 g/mol. The van der Waals surface area contributed by atoms with Crippen LogP contribution in [0.25, 0.3) is 0 Å². The SMILES string of the molecule is c1cc(CN2CCCN(c3cc([C@@H]4CCOC4)ncn3)CC2)ccn1. The summed E-state index contributed by atoms with van der Waals surface area (Å²) >= 11 is 0. The molecule has 25 heavy (non-hydrogen) atoms. The van der Waals surface area contributed by atoms with Crippen molar-refractivity contribution in [2.75, 3.05) is 44.3 Å². The Bertz CT molecular complexity index is 675. The van der Waals surface area contributed by atoms with Gasteiger partial charge in [-0.15, -0.1) is 0 Å². The minimum atomic E-state index is 0.428. The summed E-state index contributed by atoms with van der Waals surface area (Å²) in [6.07, 6.45) is 7.67. The smallest absolute Gasteiger partial charge is 0.132 e. The van der Waals surface area contributed by atoms with Gasteiger partial charge in [-0.2, -0.15) is 0 Å². The molecule has 0 bridgehead atoms. The third kappa shape index (κ3) is 4.14. The van der Waals surface area contributed by atoms with Crippen LogP contribution in [0.1, 0.15) is 30.0 Å². The van der Waals surface area contributed by atoms with Crippen LogP contribution in [0.15, 0.2) is 36.9 Å². The lowest BCUT2D eigenvalue weighted by molar-refractivity contribution is 0.193. The van der Waals surface area contributed by atoms with Gasteiger partial charge in [-0.1, -0.05) is 0 Å². The van der Waals surface area contributed by atoms with Gasteiger partial charge in [0.1, 0.15) is 12.1 Å². The minimum Gasteiger partial charge on any atom is -0.381 e. The quantitative estimate of drug-likeness (QED) is 0.850. The zero-order valence-corrected chi connectivity index (χ0v) is 14.5. The third-order valence-electron chi connectivity index (χ3n) is 5.09. The van der Waals surface area contributed by atoms with E-state index in [0.29, 0.717) is 5.92 Å². The molecular formula is C19H25N5O. The lowest BCUT2D eigenvalue weighted by Gasteiger charge is -2.23. The number of hydrogen-bond acceptors (Lipinski definition) is 6. The van der Waals surface area contributed by atoms with Crippen molar-refractivity contribution in [3.8, 4) is 0 Å². The average molecular weight is 339 g/mol. The molecular weight excluding hydrogens is 314 g/mol. The van der Waals surface area contributed by atoms with E-state index in [0.717, 1.165) is 70.3 Å². The highest BCUT2D eigenvalue weighted by molar-refractivity contribution is 5.40. The van der Waals surface area contributed by atoms with E-state index in [1.165, 1.54) is 5.56 Å². The van der Waals surface area contributed by atoms with Crippen molar-refractivity contribution < 1.29 is 4.74 Å². The Morgan fingerprint density at radius 2 is 2.00 bits per heavy atom. The van der Waals surface area contributed by atoms with Gasteiger partial charge in [0, 0.05) is 63.7 Å². The summed E-state index contributed by atoms with van der Waals surface area (Å²) in [4.78, 5) is 18.0. The summed E-state index contributed by atoms with van der Waals surface area (Å²) in [5.41, 5.74) is 2.45. The minimum absolute atomic E-state index is 0.428. The maximum absolute atomic E-state index is 5.50. The molecule has 132 valence electrons. The number of aromatic nitrogens is 3. The van der Waals surface area contributed by atoms with Gasteiger partial charge in [0.2, 0.25) is 0 Å². The highest BCUT2D eigenvalue weighted by Crippen LogP contribution is 2.25. The fourth-order valence-corrected chi connectivity index (χ4v) is 3.63. The molecule has 2 fully saturated rings. The summed E-state index contributed by atoms with van der Waals surface area (Å²) in [7, 11) is 0. The van der Waals surface area contributed by atoms with Crippen LogP contribution in [-0.2, 0) is 11.3 Å². The topological polar surface area (TPSA) is 54.4 Å². The molecule has 4 rings (SSSR count). The van der Waals surface area contributed by atoms with Gasteiger partial charge in [0.25, 0.3) is 0 Å². The molecule has 0 N–H and O–H groups in total. The second-order valence-electron chi connectivity index (χ2n) is 6.83. The lowest BCUT2D eigenvalue weighted by Crippen LogP contribution is -2.31. The summed E-state index contributed by atoms with van der Waals surface area (Å²) in [5, 5.41) is 0. The van der Waals surface area contributed by atoms with Gasteiger partial charge < -0.3 is 9.64 Å². The second-order valence-corrected chi connectivity index (χ2v) is 6.83. The van der Waals surface area contributed by atoms with Crippen molar-refractivity contribution in [1.29, 1.82) is 0 Å². The van der Waals surface area contributed by atoms with E-state index >= 15 is 0 Å².